The fraction of sp³-hybridized carbons (Fsp3) is 0.727. The third kappa shape index (κ3) is 30.7. The smallest absolute Gasteiger partial charge is 0.330 e. The van der Waals surface area contributed by atoms with E-state index in [0.29, 0.717) is 139 Å². The molecule has 1 aromatic carbocycles. The molecule has 1 rings (SSSR count). The highest BCUT2D eigenvalue weighted by Gasteiger charge is 2.13. The number of esters is 1. The molecule has 0 unspecified atom stereocenters. The molecule has 0 amide bonds. The molecule has 16 nitrogen and oxygen atoms in total. The standard InChI is InChI=1S/C33H56O16S/c1-2-33(34)48-30-28-46-26-24-44-22-20-42-18-16-40-14-12-38-10-8-37-9-11-39-13-15-41-17-19-43-21-23-45-25-27-47-29-31-49-50(35,36)32-6-4-3-5-7-32/h2-7H,1,8-31H2. The zero-order valence-electron chi connectivity index (χ0n) is 29.1. The first-order chi connectivity index (χ1) is 24.6. The molecule has 0 fully saturated rings. The van der Waals surface area contributed by atoms with Gasteiger partial charge in [-0.3, -0.25) is 4.18 Å². The molecule has 0 aliphatic heterocycles. The maximum Gasteiger partial charge on any atom is 0.330 e. The van der Waals surface area contributed by atoms with Crippen molar-refractivity contribution in [1.29, 1.82) is 0 Å². The van der Waals surface area contributed by atoms with E-state index in [9.17, 15) is 13.2 Å². The minimum absolute atomic E-state index is 0.0641. The van der Waals surface area contributed by atoms with Crippen LogP contribution in [0.15, 0.2) is 47.9 Å². The van der Waals surface area contributed by atoms with E-state index in [4.69, 9.17) is 61.0 Å². The van der Waals surface area contributed by atoms with Gasteiger partial charge in [0.15, 0.2) is 0 Å². The molecule has 1 aromatic rings. The van der Waals surface area contributed by atoms with E-state index >= 15 is 0 Å². The predicted octanol–water partition coefficient (Wildman–Crippen LogP) is 1.30. The summed E-state index contributed by atoms with van der Waals surface area (Å²) in [4.78, 5) is 11.0. The summed E-state index contributed by atoms with van der Waals surface area (Å²) in [6.45, 7) is 12.8. The van der Waals surface area contributed by atoms with Crippen LogP contribution in [-0.4, -0.2) is 173 Å². The van der Waals surface area contributed by atoms with Gasteiger partial charge in [0.1, 0.15) is 6.61 Å². The van der Waals surface area contributed by atoms with Crippen molar-refractivity contribution < 1.29 is 74.2 Å². The maximum absolute atomic E-state index is 12.0. The summed E-state index contributed by atoms with van der Waals surface area (Å²) in [6.07, 6.45) is 1.11. The van der Waals surface area contributed by atoms with E-state index in [0.717, 1.165) is 6.08 Å². The zero-order valence-corrected chi connectivity index (χ0v) is 29.9. The lowest BCUT2D eigenvalue weighted by Crippen LogP contribution is -2.16. The molecule has 0 aliphatic rings. The minimum Gasteiger partial charge on any atom is -0.460 e. The van der Waals surface area contributed by atoms with Gasteiger partial charge in [-0.2, -0.15) is 8.42 Å². The van der Waals surface area contributed by atoms with Gasteiger partial charge >= 0.3 is 5.97 Å². The molecule has 0 saturated heterocycles. The molecule has 0 atom stereocenters. The summed E-state index contributed by atoms with van der Waals surface area (Å²) in [5, 5.41) is 0. The Morgan fingerprint density at radius 1 is 0.440 bits per heavy atom. The second-order valence-corrected chi connectivity index (χ2v) is 11.3. The van der Waals surface area contributed by atoms with Crippen LogP contribution in [0.2, 0.25) is 0 Å². The van der Waals surface area contributed by atoms with E-state index in [1.807, 2.05) is 0 Å². The average molecular weight is 741 g/mol. The Morgan fingerprint density at radius 3 is 0.980 bits per heavy atom. The van der Waals surface area contributed by atoms with Crippen molar-refractivity contribution >= 4 is 16.1 Å². The van der Waals surface area contributed by atoms with Crippen molar-refractivity contribution in [2.24, 2.45) is 0 Å². The number of carbonyl (C=O) groups is 1. The highest BCUT2D eigenvalue weighted by atomic mass is 32.2. The Bertz CT molecular complexity index is 999. The lowest BCUT2D eigenvalue weighted by molar-refractivity contribution is -0.139. The molecule has 0 spiro atoms. The van der Waals surface area contributed by atoms with Gasteiger partial charge in [0.2, 0.25) is 0 Å². The fourth-order valence-electron chi connectivity index (χ4n) is 3.42. The average Bonchev–Trinajstić information content (AvgIpc) is 3.13. The largest absolute Gasteiger partial charge is 0.460 e. The Hall–Kier alpha value is -2.10. The molecule has 0 radical (unpaired) electrons. The van der Waals surface area contributed by atoms with Gasteiger partial charge in [-0.25, -0.2) is 4.79 Å². The van der Waals surface area contributed by atoms with E-state index in [-0.39, 0.29) is 24.7 Å². The highest BCUT2D eigenvalue weighted by molar-refractivity contribution is 7.86. The van der Waals surface area contributed by atoms with Gasteiger partial charge < -0.3 is 56.8 Å². The molecule has 50 heavy (non-hydrogen) atoms. The lowest BCUT2D eigenvalue weighted by Gasteiger charge is -2.09. The summed E-state index contributed by atoms with van der Waals surface area (Å²) in [5.41, 5.74) is 0. The Labute approximate surface area is 296 Å². The summed E-state index contributed by atoms with van der Waals surface area (Å²) < 4.78 is 93.1. The van der Waals surface area contributed by atoms with Gasteiger partial charge in [0, 0.05) is 6.08 Å². The fourth-order valence-corrected chi connectivity index (χ4v) is 4.33. The van der Waals surface area contributed by atoms with Crippen LogP contribution in [0.1, 0.15) is 0 Å². The Kier molecular flexibility index (Phi) is 32.4. The molecule has 0 heterocycles. The third-order valence-corrected chi connectivity index (χ3v) is 7.18. The predicted molar refractivity (Wildman–Crippen MR) is 180 cm³/mol. The van der Waals surface area contributed by atoms with Crippen LogP contribution < -0.4 is 0 Å². The first-order valence-electron chi connectivity index (χ1n) is 16.6. The molecule has 0 N–H and O–H groups in total. The van der Waals surface area contributed by atoms with E-state index in [1.165, 1.54) is 12.1 Å². The van der Waals surface area contributed by atoms with Crippen LogP contribution in [0.5, 0.6) is 0 Å². The number of rotatable bonds is 39. The monoisotopic (exact) mass is 740 g/mol. The van der Waals surface area contributed by atoms with Crippen molar-refractivity contribution in [3.8, 4) is 0 Å². The van der Waals surface area contributed by atoms with E-state index < -0.39 is 16.1 Å². The number of ether oxygens (including phenoxy) is 12. The normalized spacial score (nSPS) is 11.6. The summed E-state index contributed by atoms with van der Waals surface area (Å²) in [7, 11) is -3.76. The third-order valence-electron chi connectivity index (χ3n) is 5.86. The van der Waals surface area contributed by atoms with Crippen molar-refractivity contribution in [2.45, 2.75) is 4.90 Å². The number of carbonyl (C=O) groups excluding carboxylic acids is 1. The van der Waals surface area contributed by atoms with Crippen molar-refractivity contribution in [3.63, 3.8) is 0 Å². The van der Waals surface area contributed by atoms with Crippen molar-refractivity contribution in [2.75, 3.05) is 159 Å². The highest BCUT2D eigenvalue weighted by Crippen LogP contribution is 2.10. The van der Waals surface area contributed by atoms with E-state index in [2.05, 4.69) is 6.58 Å². The summed E-state index contributed by atoms with van der Waals surface area (Å²) >= 11 is 0. The summed E-state index contributed by atoms with van der Waals surface area (Å²) in [6, 6.07) is 7.96. The molecular weight excluding hydrogens is 684 g/mol. The maximum atomic E-state index is 12.0. The van der Waals surface area contributed by atoms with Crippen LogP contribution >= 0.6 is 0 Å². The quantitative estimate of drug-likeness (QED) is 0.0409. The van der Waals surface area contributed by atoms with Gasteiger partial charge in [0.25, 0.3) is 10.1 Å². The summed E-state index contributed by atoms with van der Waals surface area (Å²) in [5.74, 6) is -0.466. The zero-order chi connectivity index (χ0) is 36.1. The van der Waals surface area contributed by atoms with Crippen molar-refractivity contribution in [1.82, 2.24) is 0 Å². The van der Waals surface area contributed by atoms with Gasteiger partial charge in [0.05, 0.1) is 157 Å². The number of benzene rings is 1. The molecule has 290 valence electrons. The number of hydrogen-bond donors (Lipinski definition) is 0. The first kappa shape index (κ1) is 45.9. The van der Waals surface area contributed by atoms with E-state index in [1.54, 1.807) is 18.2 Å². The molecular formula is C33H56O16S. The van der Waals surface area contributed by atoms with Crippen LogP contribution in [0.3, 0.4) is 0 Å². The van der Waals surface area contributed by atoms with Gasteiger partial charge in [-0.15, -0.1) is 0 Å². The van der Waals surface area contributed by atoms with Crippen LogP contribution in [-0.2, 0) is 75.9 Å². The van der Waals surface area contributed by atoms with Gasteiger partial charge in [-0.1, -0.05) is 24.8 Å². The first-order valence-corrected chi connectivity index (χ1v) is 18.1. The van der Waals surface area contributed by atoms with Crippen LogP contribution in [0, 0.1) is 0 Å². The second kappa shape index (κ2) is 35.3. The minimum atomic E-state index is -3.76. The van der Waals surface area contributed by atoms with Crippen molar-refractivity contribution in [3.05, 3.63) is 43.0 Å². The lowest BCUT2D eigenvalue weighted by atomic mass is 10.4. The molecule has 0 saturated carbocycles. The SMILES string of the molecule is C=CC(=O)OCCOCCOCCOCCOCCOCCOCCOCCOCCOCCOCCOCCOS(=O)(=O)c1ccccc1. The van der Waals surface area contributed by atoms with Gasteiger partial charge in [-0.05, 0) is 12.1 Å². The molecule has 0 aromatic heterocycles. The molecule has 17 heteroatoms. The molecule has 0 bridgehead atoms. The Morgan fingerprint density at radius 2 is 0.700 bits per heavy atom. The number of hydrogen-bond acceptors (Lipinski definition) is 16. The Balaban J connectivity index is 1.65. The second-order valence-electron chi connectivity index (χ2n) is 9.70. The topological polar surface area (TPSA) is 171 Å². The van der Waals surface area contributed by atoms with Crippen LogP contribution in [0.4, 0.5) is 0 Å². The molecule has 0 aliphatic carbocycles. The van der Waals surface area contributed by atoms with Crippen LogP contribution in [0.25, 0.3) is 0 Å².